The van der Waals surface area contributed by atoms with E-state index in [1.807, 2.05) is 11.9 Å². The fraction of sp³-hybridized carbons (Fsp3) is 0.286. The number of nitrogens with two attached hydrogens (primary N) is 1. The number of nitrogens with zero attached hydrogens (tertiary/aromatic N) is 2. The van der Waals surface area contributed by atoms with E-state index in [1.54, 1.807) is 11.4 Å². The van der Waals surface area contributed by atoms with E-state index >= 15 is 0 Å². The largest absolute Gasteiger partial charge is 0.345 e. The zero-order valence-electron chi connectivity index (χ0n) is 12.3. The Hall–Kier alpha value is -1.29. The van der Waals surface area contributed by atoms with Crippen molar-refractivity contribution < 1.29 is 9.18 Å². The lowest BCUT2D eigenvalue weighted by Gasteiger charge is -2.21. The lowest BCUT2D eigenvalue weighted by molar-refractivity contribution is 0.0945. The molecule has 0 aliphatic carbocycles. The maximum atomic E-state index is 13.4. The third-order valence-corrected chi connectivity index (χ3v) is 6.52. The average molecular weight is 371 g/mol. The van der Waals surface area contributed by atoms with Crippen LogP contribution in [0.3, 0.4) is 0 Å². The minimum atomic E-state index is -0.288. The van der Waals surface area contributed by atoms with Gasteiger partial charge < -0.3 is 16.0 Å². The fourth-order valence-corrected chi connectivity index (χ4v) is 4.87. The van der Waals surface area contributed by atoms with Gasteiger partial charge in [0, 0.05) is 29.6 Å². The number of thioether (sulfide) groups is 2. The normalized spacial score (nSPS) is 16.5. The summed E-state index contributed by atoms with van der Waals surface area (Å²) in [5, 5.41) is 4.66. The molecule has 0 spiro atoms. The van der Waals surface area contributed by atoms with E-state index < -0.39 is 0 Å². The van der Waals surface area contributed by atoms with Crippen LogP contribution in [0.25, 0.3) is 0 Å². The van der Waals surface area contributed by atoms with Gasteiger partial charge in [-0.05, 0) is 18.2 Å². The number of anilines is 1. The molecule has 1 aliphatic heterocycles. The smallest absolute Gasteiger partial charge is 0.273 e. The Bertz CT molecular complexity index is 724. The first-order valence-corrected chi connectivity index (χ1v) is 9.61. The van der Waals surface area contributed by atoms with Crippen molar-refractivity contribution in [2.75, 3.05) is 24.2 Å². The summed E-state index contributed by atoms with van der Waals surface area (Å²) in [5.41, 5.74) is 6.35. The molecular weight excluding hydrogens is 355 g/mol. The van der Waals surface area contributed by atoms with Crippen molar-refractivity contribution in [3.8, 4) is 0 Å². The van der Waals surface area contributed by atoms with Gasteiger partial charge in [-0.1, -0.05) is 23.5 Å². The highest BCUT2D eigenvalue weighted by Crippen LogP contribution is 2.41. The Morgan fingerprint density at radius 3 is 3.17 bits per heavy atom. The Morgan fingerprint density at radius 1 is 1.57 bits per heavy atom. The molecule has 1 atom stereocenters. The van der Waals surface area contributed by atoms with E-state index in [0.717, 1.165) is 20.7 Å². The van der Waals surface area contributed by atoms with Gasteiger partial charge in [0.2, 0.25) is 0 Å². The van der Waals surface area contributed by atoms with Crippen LogP contribution in [-0.4, -0.2) is 35.7 Å². The quantitative estimate of drug-likeness (QED) is 0.789. The zero-order valence-corrected chi connectivity index (χ0v) is 14.7. The van der Waals surface area contributed by atoms with Gasteiger partial charge in [-0.15, -0.1) is 11.3 Å². The van der Waals surface area contributed by atoms with E-state index in [-0.39, 0.29) is 17.2 Å². The van der Waals surface area contributed by atoms with E-state index in [1.165, 1.54) is 47.0 Å². The number of rotatable bonds is 5. The number of benzene rings is 1. The van der Waals surface area contributed by atoms with E-state index in [0.29, 0.717) is 12.2 Å². The highest BCUT2D eigenvalue weighted by molar-refractivity contribution is 8.01. The predicted molar refractivity (Wildman–Crippen MR) is 93.8 cm³/mol. The van der Waals surface area contributed by atoms with Gasteiger partial charge in [0.15, 0.2) is 9.84 Å². The standard InChI is InChI=1S/C14H15FN4OS3/c1-19-10-6-8(15)2-3-11(10)23-13(19)18-12(20)9-7-22-14(17-9)21-5-4-16/h2-3,6-7,13H,4-5,16H2,1H3,(H,18,20). The molecule has 3 rings (SSSR count). The Labute approximate surface area is 145 Å². The number of hydrogen-bond acceptors (Lipinski definition) is 7. The summed E-state index contributed by atoms with van der Waals surface area (Å²) >= 11 is 4.45. The number of nitrogens with one attached hydrogen (secondary N) is 1. The van der Waals surface area contributed by atoms with E-state index in [2.05, 4.69) is 10.3 Å². The molecule has 5 nitrogen and oxygen atoms in total. The van der Waals surface area contributed by atoms with Gasteiger partial charge in [0.1, 0.15) is 11.5 Å². The summed E-state index contributed by atoms with van der Waals surface area (Å²) < 4.78 is 14.2. The molecule has 122 valence electrons. The third-order valence-electron chi connectivity index (χ3n) is 3.21. The number of fused-ring (bicyclic) bond motifs is 1. The number of aromatic nitrogens is 1. The number of halogens is 1. The molecule has 1 amide bonds. The van der Waals surface area contributed by atoms with E-state index in [9.17, 15) is 9.18 Å². The number of thiazole rings is 1. The molecule has 1 aromatic carbocycles. The molecule has 3 N–H and O–H groups in total. The molecule has 1 aromatic heterocycles. The first kappa shape index (κ1) is 16.6. The van der Waals surface area contributed by atoms with Gasteiger partial charge in [0.25, 0.3) is 5.91 Å². The maximum absolute atomic E-state index is 13.4. The van der Waals surface area contributed by atoms with Crippen LogP contribution >= 0.6 is 34.9 Å². The number of amides is 1. The van der Waals surface area contributed by atoms with Crippen molar-refractivity contribution in [1.29, 1.82) is 0 Å². The Morgan fingerprint density at radius 2 is 2.39 bits per heavy atom. The maximum Gasteiger partial charge on any atom is 0.273 e. The number of hydrogen-bond donors (Lipinski definition) is 2. The van der Waals surface area contributed by atoms with Crippen molar-refractivity contribution in [2.45, 2.75) is 14.7 Å². The minimum absolute atomic E-state index is 0.238. The average Bonchev–Trinajstić information content (AvgIpc) is 3.12. The third kappa shape index (κ3) is 3.63. The molecule has 9 heteroatoms. The molecule has 1 unspecified atom stereocenters. The number of carbonyl (C=O) groups excluding carboxylic acids is 1. The number of carbonyl (C=O) groups is 1. The molecule has 0 saturated heterocycles. The van der Waals surface area contributed by atoms with Crippen molar-refractivity contribution in [3.05, 3.63) is 35.1 Å². The molecule has 2 aromatic rings. The van der Waals surface area contributed by atoms with Crippen LogP contribution in [0.2, 0.25) is 0 Å². The van der Waals surface area contributed by atoms with Crippen LogP contribution in [0.15, 0.2) is 32.8 Å². The SMILES string of the molecule is CN1c2cc(F)ccc2SC1NC(=O)c1csc(SCCN)n1. The van der Waals surface area contributed by atoms with Gasteiger partial charge in [-0.25, -0.2) is 9.37 Å². The highest BCUT2D eigenvalue weighted by atomic mass is 32.2. The predicted octanol–water partition coefficient (Wildman–Crippen LogP) is 2.59. The van der Waals surface area contributed by atoms with Crippen LogP contribution in [-0.2, 0) is 0 Å². The fourth-order valence-electron chi connectivity index (χ4n) is 2.08. The van der Waals surface area contributed by atoms with Crippen LogP contribution in [0.1, 0.15) is 10.5 Å². The van der Waals surface area contributed by atoms with Gasteiger partial charge in [-0.3, -0.25) is 4.79 Å². The van der Waals surface area contributed by atoms with Crippen LogP contribution in [0, 0.1) is 5.82 Å². The second-order valence-corrected chi connectivity index (χ2v) is 8.12. The van der Waals surface area contributed by atoms with Gasteiger partial charge in [0.05, 0.1) is 5.69 Å². The highest BCUT2D eigenvalue weighted by Gasteiger charge is 2.29. The summed E-state index contributed by atoms with van der Waals surface area (Å²) in [6.45, 7) is 0.574. The second-order valence-electron chi connectivity index (χ2n) is 4.80. The Kier molecular flexibility index (Phi) is 5.10. The molecule has 1 aliphatic rings. The van der Waals surface area contributed by atoms with Crippen LogP contribution < -0.4 is 16.0 Å². The summed E-state index contributed by atoms with van der Waals surface area (Å²) in [7, 11) is 1.83. The second kappa shape index (κ2) is 7.08. The molecule has 23 heavy (non-hydrogen) atoms. The zero-order chi connectivity index (χ0) is 16.4. The molecule has 2 heterocycles. The molecule has 0 radical (unpaired) electrons. The summed E-state index contributed by atoms with van der Waals surface area (Å²) in [5.74, 6) is 0.249. The van der Waals surface area contributed by atoms with Crippen LogP contribution in [0.4, 0.5) is 10.1 Å². The van der Waals surface area contributed by atoms with Crippen molar-refractivity contribution in [2.24, 2.45) is 5.73 Å². The minimum Gasteiger partial charge on any atom is -0.345 e. The van der Waals surface area contributed by atoms with Gasteiger partial charge >= 0.3 is 0 Å². The van der Waals surface area contributed by atoms with Crippen molar-refractivity contribution in [3.63, 3.8) is 0 Å². The topological polar surface area (TPSA) is 71.2 Å². The monoisotopic (exact) mass is 370 g/mol. The Balaban J connectivity index is 1.66. The molecular formula is C14H15FN4OS3. The summed E-state index contributed by atoms with van der Waals surface area (Å²) in [4.78, 5) is 19.4. The molecule has 0 bridgehead atoms. The lowest BCUT2D eigenvalue weighted by Crippen LogP contribution is -2.42. The van der Waals surface area contributed by atoms with Gasteiger partial charge in [-0.2, -0.15) is 0 Å². The van der Waals surface area contributed by atoms with Crippen molar-refractivity contribution >= 4 is 46.5 Å². The molecule has 0 fully saturated rings. The first-order chi connectivity index (χ1) is 11.1. The lowest BCUT2D eigenvalue weighted by atomic mass is 10.3. The summed E-state index contributed by atoms with van der Waals surface area (Å²) in [6, 6.07) is 4.62. The van der Waals surface area contributed by atoms with E-state index in [4.69, 9.17) is 5.73 Å². The van der Waals surface area contributed by atoms with Crippen molar-refractivity contribution in [1.82, 2.24) is 10.3 Å². The first-order valence-electron chi connectivity index (χ1n) is 6.87. The summed E-state index contributed by atoms with van der Waals surface area (Å²) in [6.07, 6.45) is 0. The molecule has 0 saturated carbocycles. The van der Waals surface area contributed by atoms with Crippen LogP contribution in [0.5, 0.6) is 0 Å².